The van der Waals surface area contributed by atoms with Gasteiger partial charge in [0.2, 0.25) is 17.7 Å². The summed E-state index contributed by atoms with van der Waals surface area (Å²) in [7, 11) is 0. The van der Waals surface area contributed by atoms with Crippen molar-refractivity contribution in [1.29, 1.82) is 0 Å². The monoisotopic (exact) mass is 470 g/mol. The van der Waals surface area contributed by atoms with Crippen LogP contribution in [0.5, 0.6) is 0 Å². The Morgan fingerprint density at radius 1 is 1.21 bits per heavy atom. The zero-order chi connectivity index (χ0) is 24.7. The summed E-state index contributed by atoms with van der Waals surface area (Å²) >= 11 is 0. The molecule has 1 saturated heterocycles. The molecule has 0 radical (unpaired) electrons. The lowest BCUT2D eigenvalue weighted by atomic mass is 10.0. The van der Waals surface area contributed by atoms with Crippen LogP contribution >= 0.6 is 0 Å². The molecule has 0 bridgehead atoms. The molecular formula is C23H30N6O5. The normalized spacial score (nSPS) is 18.1. The van der Waals surface area contributed by atoms with Gasteiger partial charge in [-0.25, -0.2) is 4.98 Å². The molecule has 2 heterocycles. The maximum Gasteiger partial charge on any atom is 0.325 e. The van der Waals surface area contributed by atoms with Crippen molar-refractivity contribution < 1.29 is 24.3 Å². The molecule has 6 N–H and O–H groups in total. The Bertz CT molecular complexity index is 997. The first kappa shape index (κ1) is 24.9. The number of aromatic amines is 1. The summed E-state index contributed by atoms with van der Waals surface area (Å²) in [4.78, 5) is 58.5. The van der Waals surface area contributed by atoms with E-state index in [0.29, 0.717) is 25.1 Å². The third kappa shape index (κ3) is 6.41. The van der Waals surface area contributed by atoms with E-state index in [4.69, 9.17) is 10.8 Å². The van der Waals surface area contributed by atoms with Crippen molar-refractivity contribution in [3.63, 3.8) is 0 Å². The third-order valence-electron chi connectivity index (χ3n) is 5.78. The van der Waals surface area contributed by atoms with Crippen molar-refractivity contribution in [2.24, 2.45) is 5.73 Å². The van der Waals surface area contributed by atoms with E-state index in [9.17, 15) is 19.2 Å². The molecule has 1 aliphatic rings. The Hall–Kier alpha value is -3.73. The summed E-state index contributed by atoms with van der Waals surface area (Å²) in [6.07, 6.45) is 4.64. The van der Waals surface area contributed by atoms with E-state index in [-0.39, 0.29) is 18.7 Å². The first-order valence-electron chi connectivity index (χ1n) is 11.2. The minimum absolute atomic E-state index is 0.171. The molecule has 1 aliphatic heterocycles. The number of H-pyrrole nitrogens is 1. The summed E-state index contributed by atoms with van der Waals surface area (Å²) in [5.74, 6) is -2.63. The minimum Gasteiger partial charge on any atom is -0.480 e. The molecule has 1 aromatic carbocycles. The highest BCUT2D eigenvalue weighted by Crippen LogP contribution is 2.19. The maximum absolute atomic E-state index is 13.2. The van der Waals surface area contributed by atoms with Gasteiger partial charge in [0.15, 0.2) is 0 Å². The van der Waals surface area contributed by atoms with E-state index in [1.165, 1.54) is 18.2 Å². The van der Waals surface area contributed by atoms with Crippen LogP contribution in [-0.2, 0) is 32.0 Å². The van der Waals surface area contributed by atoms with Crippen LogP contribution in [0.1, 0.15) is 31.0 Å². The number of hydrogen-bond acceptors (Lipinski definition) is 6. The average Bonchev–Trinajstić information content (AvgIpc) is 3.50. The fraction of sp³-hybridized carbons (Fsp3) is 0.435. The number of carboxylic acids is 1. The maximum atomic E-state index is 13.2. The Kier molecular flexibility index (Phi) is 8.36. The number of hydrogen-bond donors (Lipinski definition) is 5. The van der Waals surface area contributed by atoms with Gasteiger partial charge in [-0.1, -0.05) is 30.3 Å². The zero-order valence-electron chi connectivity index (χ0n) is 18.9. The van der Waals surface area contributed by atoms with Gasteiger partial charge in [0.1, 0.15) is 18.1 Å². The zero-order valence-corrected chi connectivity index (χ0v) is 18.9. The van der Waals surface area contributed by atoms with Crippen molar-refractivity contribution in [2.75, 3.05) is 6.54 Å². The molecule has 34 heavy (non-hydrogen) atoms. The fourth-order valence-corrected chi connectivity index (χ4v) is 3.93. The van der Waals surface area contributed by atoms with E-state index in [2.05, 4.69) is 20.6 Å². The molecule has 11 heteroatoms. The Morgan fingerprint density at radius 3 is 2.59 bits per heavy atom. The molecule has 11 nitrogen and oxygen atoms in total. The van der Waals surface area contributed by atoms with Gasteiger partial charge >= 0.3 is 5.97 Å². The highest BCUT2D eigenvalue weighted by molar-refractivity contribution is 5.94. The first-order valence-corrected chi connectivity index (χ1v) is 11.2. The third-order valence-corrected chi connectivity index (χ3v) is 5.78. The summed E-state index contributed by atoms with van der Waals surface area (Å²) in [5, 5.41) is 14.3. The number of carbonyl (C=O) groups excluding carboxylic acids is 3. The Morgan fingerprint density at radius 2 is 1.94 bits per heavy atom. The largest absolute Gasteiger partial charge is 0.480 e. The lowest BCUT2D eigenvalue weighted by Crippen LogP contribution is -2.57. The number of likely N-dealkylation sites (tertiary alicyclic amines) is 1. The number of amides is 3. The molecule has 4 atom stereocenters. The van der Waals surface area contributed by atoms with Gasteiger partial charge in [-0.05, 0) is 25.3 Å². The summed E-state index contributed by atoms with van der Waals surface area (Å²) in [5.41, 5.74) is 7.53. The number of imidazole rings is 1. The second-order valence-corrected chi connectivity index (χ2v) is 8.38. The highest BCUT2D eigenvalue weighted by Gasteiger charge is 2.38. The van der Waals surface area contributed by atoms with Crippen LogP contribution in [0.15, 0.2) is 42.9 Å². The van der Waals surface area contributed by atoms with E-state index in [0.717, 1.165) is 5.56 Å². The van der Waals surface area contributed by atoms with E-state index in [1.807, 2.05) is 30.3 Å². The lowest BCUT2D eigenvalue weighted by molar-refractivity contribution is -0.142. The molecule has 0 aliphatic carbocycles. The van der Waals surface area contributed by atoms with Gasteiger partial charge in [0.05, 0.1) is 18.1 Å². The van der Waals surface area contributed by atoms with Gasteiger partial charge in [0.25, 0.3) is 0 Å². The van der Waals surface area contributed by atoms with Crippen molar-refractivity contribution in [2.45, 2.75) is 56.8 Å². The molecule has 1 aromatic heterocycles. The predicted molar refractivity (Wildman–Crippen MR) is 122 cm³/mol. The SMILES string of the molecule is C[C@H](NC(=O)[C@H](Cc1ccccc1)NC(=O)[C@@H]1CCCN1C(=O)[C@@H](N)Cc1c[nH]cn1)C(=O)O. The molecule has 3 amide bonds. The molecule has 0 spiro atoms. The van der Waals surface area contributed by atoms with Gasteiger partial charge in [0, 0.05) is 25.6 Å². The van der Waals surface area contributed by atoms with Crippen molar-refractivity contribution >= 4 is 23.7 Å². The summed E-state index contributed by atoms with van der Waals surface area (Å²) in [6.45, 7) is 1.73. The number of nitrogens with zero attached hydrogens (tertiary/aromatic N) is 2. The number of carboxylic acid groups (broad SMARTS) is 1. The minimum atomic E-state index is -1.18. The van der Waals surface area contributed by atoms with Gasteiger partial charge in [-0.15, -0.1) is 0 Å². The number of rotatable bonds is 10. The highest BCUT2D eigenvalue weighted by atomic mass is 16.4. The van der Waals surface area contributed by atoms with Crippen LogP contribution in [0, 0.1) is 0 Å². The number of benzene rings is 1. The average molecular weight is 471 g/mol. The molecule has 2 aromatic rings. The van der Waals surface area contributed by atoms with Gasteiger partial charge < -0.3 is 31.4 Å². The van der Waals surface area contributed by atoms with Crippen molar-refractivity contribution in [1.82, 2.24) is 25.5 Å². The van der Waals surface area contributed by atoms with Crippen LogP contribution < -0.4 is 16.4 Å². The van der Waals surface area contributed by atoms with Crippen LogP contribution in [0.4, 0.5) is 0 Å². The molecule has 182 valence electrons. The van der Waals surface area contributed by atoms with Crippen LogP contribution in [0.3, 0.4) is 0 Å². The lowest BCUT2D eigenvalue weighted by Gasteiger charge is -2.28. The number of aromatic nitrogens is 2. The number of carbonyl (C=O) groups is 4. The molecule has 3 rings (SSSR count). The molecule has 0 saturated carbocycles. The Balaban J connectivity index is 1.70. The van der Waals surface area contributed by atoms with E-state index < -0.39 is 42.0 Å². The molecule has 0 unspecified atom stereocenters. The molecular weight excluding hydrogens is 440 g/mol. The van der Waals surface area contributed by atoms with E-state index in [1.54, 1.807) is 6.20 Å². The predicted octanol–water partition coefficient (Wildman–Crippen LogP) is -0.413. The number of aliphatic carboxylic acids is 1. The quantitative estimate of drug-likeness (QED) is 0.314. The second kappa shape index (κ2) is 11.4. The van der Waals surface area contributed by atoms with Crippen LogP contribution in [0.2, 0.25) is 0 Å². The second-order valence-electron chi connectivity index (χ2n) is 8.38. The topological polar surface area (TPSA) is 171 Å². The fourth-order valence-electron chi connectivity index (χ4n) is 3.93. The van der Waals surface area contributed by atoms with E-state index >= 15 is 0 Å². The number of nitrogens with two attached hydrogens (primary N) is 1. The molecule has 1 fully saturated rings. The van der Waals surface area contributed by atoms with Gasteiger partial charge in [-0.2, -0.15) is 0 Å². The number of nitrogens with one attached hydrogen (secondary N) is 3. The van der Waals surface area contributed by atoms with Crippen molar-refractivity contribution in [3.8, 4) is 0 Å². The summed E-state index contributed by atoms with van der Waals surface area (Å²) in [6, 6.07) is 5.34. The van der Waals surface area contributed by atoms with Crippen LogP contribution in [-0.4, -0.2) is 74.4 Å². The summed E-state index contributed by atoms with van der Waals surface area (Å²) < 4.78 is 0. The Labute approximate surface area is 197 Å². The first-order chi connectivity index (χ1) is 16.3. The standard InChI is InChI=1S/C23H30N6O5/c1-14(23(33)34)27-20(30)18(10-15-6-3-2-4-7-15)28-21(31)19-8-5-9-29(19)22(32)17(24)11-16-12-25-13-26-16/h2-4,6-7,12-14,17-19H,5,8-11,24H2,1H3,(H,25,26)(H,27,30)(H,28,31)(H,33,34)/t14-,17-,18-,19-/m0/s1. The van der Waals surface area contributed by atoms with Gasteiger partial charge in [-0.3, -0.25) is 19.2 Å². The van der Waals surface area contributed by atoms with Crippen molar-refractivity contribution in [3.05, 3.63) is 54.1 Å². The smallest absolute Gasteiger partial charge is 0.325 e. The van der Waals surface area contributed by atoms with Crippen LogP contribution in [0.25, 0.3) is 0 Å².